The second kappa shape index (κ2) is 4.68. The van der Waals surface area contributed by atoms with Crippen molar-refractivity contribution in [2.45, 2.75) is 13.5 Å². The molecule has 2 rings (SSSR count). The molecule has 0 saturated carbocycles. The van der Waals surface area contributed by atoms with E-state index in [1.54, 1.807) is 29.8 Å². The van der Waals surface area contributed by atoms with Crippen LogP contribution in [0.1, 0.15) is 10.4 Å². The number of thiophene rings is 2. The van der Waals surface area contributed by atoms with E-state index in [2.05, 4.69) is 29.1 Å². The van der Waals surface area contributed by atoms with Crippen LogP contribution in [0.2, 0.25) is 0 Å². The molecule has 0 aromatic carbocycles. The zero-order valence-electron chi connectivity index (χ0n) is 8.74. The lowest BCUT2D eigenvalue weighted by Gasteiger charge is -2.02. The van der Waals surface area contributed by atoms with Crippen LogP contribution in [-0.4, -0.2) is 7.11 Å². The monoisotopic (exact) mass is 239 g/mol. The summed E-state index contributed by atoms with van der Waals surface area (Å²) in [6.07, 6.45) is 0. The van der Waals surface area contributed by atoms with Crippen LogP contribution in [0.4, 0.5) is 5.69 Å². The lowest BCUT2D eigenvalue weighted by Crippen LogP contribution is -1.96. The maximum atomic E-state index is 5.15. The molecule has 80 valence electrons. The Labute approximate surface area is 97.5 Å². The Balaban J connectivity index is 1.96. The number of anilines is 1. The fourth-order valence-corrected chi connectivity index (χ4v) is 2.85. The van der Waals surface area contributed by atoms with Gasteiger partial charge in [-0.25, -0.2) is 0 Å². The van der Waals surface area contributed by atoms with Gasteiger partial charge in [0, 0.05) is 22.5 Å². The Morgan fingerprint density at radius 2 is 2.20 bits per heavy atom. The van der Waals surface area contributed by atoms with Gasteiger partial charge in [0.25, 0.3) is 0 Å². The van der Waals surface area contributed by atoms with Crippen LogP contribution in [0.5, 0.6) is 5.06 Å². The molecule has 0 spiro atoms. The average molecular weight is 239 g/mol. The summed E-state index contributed by atoms with van der Waals surface area (Å²) in [5, 5.41) is 8.67. The zero-order chi connectivity index (χ0) is 10.7. The van der Waals surface area contributed by atoms with E-state index in [9.17, 15) is 0 Å². The van der Waals surface area contributed by atoms with Crippen LogP contribution in [-0.2, 0) is 6.54 Å². The van der Waals surface area contributed by atoms with E-state index in [-0.39, 0.29) is 0 Å². The van der Waals surface area contributed by atoms with E-state index >= 15 is 0 Å². The second-order valence-electron chi connectivity index (χ2n) is 3.25. The van der Waals surface area contributed by atoms with Gasteiger partial charge >= 0.3 is 0 Å². The van der Waals surface area contributed by atoms with E-state index in [1.807, 2.05) is 6.07 Å². The summed E-state index contributed by atoms with van der Waals surface area (Å²) in [5.74, 6) is 0. The molecule has 0 amide bonds. The number of rotatable bonds is 4. The highest BCUT2D eigenvalue weighted by atomic mass is 32.1. The largest absolute Gasteiger partial charge is 0.487 e. The van der Waals surface area contributed by atoms with Crippen LogP contribution in [0.25, 0.3) is 0 Å². The number of aryl methyl sites for hydroxylation is 1. The van der Waals surface area contributed by atoms with Crippen molar-refractivity contribution in [3.05, 3.63) is 33.3 Å². The summed E-state index contributed by atoms with van der Waals surface area (Å²) in [4.78, 5) is 1.29. The van der Waals surface area contributed by atoms with Crippen LogP contribution >= 0.6 is 22.7 Å². The molecule has 0 radical (unpaired) electrons. The molecule has 0 saturated heterocycles. The lowest BCUT2D eigenvalue weighted by molar-refractivity contribution is 0.427. The first kappa shape index (κ1) is 10.5. The summed E-state index contributed by atoms with van der Waals surface area (Å²) in [6, 6.07) is 4.10. The van der Waals surface area contributed by atoms with Gasteiger partial charge in [-0.3, -0.25) is 0 Å². The van der Waals surface area contributed by atoms with Crippen molar-refractivity contribution < 1.29 is 4.74 Å². The standard InChI is InChI=1S/C11H13NOS2/c1-8-6-14-7-10(8)12-5-9-3-4-11(13-2)15-9/h3-4,6-7,12H,5H2,1-2H3. The fourth-order valence-electron chi connectivity index (χ4n) is 1.29. The van der Waals surface area contributed by atoms with Crippen LogP contribution in [0.15, 0.2) is 22.9 Å². The second-order valence-corrected chi connectivity index (χ2v) is 5.12. The predicted molar refractivity (Wildman–Crippen MR) is 67.3 cm³/mol. The average Bonchev–Trinajstić information content (AvgIpc) is 2.84. The predicted octanol–water partition coefficient (Wildman–Crippen LogP) is 3.74. The summed E-state index contributed by atoms with van der Waals surface area (Å²) >= 11 is 3.41. The maximum absolute atomic E-state index is 5.15. The molecule has 0 atom stereocenters. The maximum Gasteiger partial charge on any atom is 0.173 e. The van der Waals surface area contributed by atoms with Gasteiger partial charge in [-0.1, -0.05) is 0 Å². The van der Waals surface area contributed by atoms with Gasteiger partial charge in [0.05, 0.1) is 7.11 Å². The molecule has 0 bridgehead atoms. The molecule has 0 aliphatic carbocycles. The fraction of sp³-hybridized carbons (Fsp3) is 0.273. The third-order valence-corrected chi connectivity index (χ3v) is 4.05. The van der Waals surface area contributed by atoms with Gasteiger partial charge < -0.3 is 10.1 Å². The molecule has 0 unspecified atom stereocenters. The number of nitrogens with one attached hydrogen (secondary N) is 1. The first-order valence-corrected chi connectivity index (χ1v) is 6.45. The third kappa shape index (κ3) is 2.52. The molecule has 0 aliphatic heterocycles. The van der Waals surface area contributed by atoms with E-state index < -0.39 is 0 Å². The summed E-state index contributed by atoms with van der Waals surface area (Å²) < 4.78 is 5.15. The van der Waals surface area contributed by atoms with Gasteiger partial charge in [-0.15, -0.1) is 22.7 Å². The molecule has 0 fully saturated rings. The summed E-state index contributed by atoms with van der Waals surface area (Å²) in [5.41, 5.74) is 2.54. The van der Waals surface area contributed by atoms with Crippen molar-refractivity contribution in [1.29, 1.82) is 0 Å². The van der Waals surface area contributed by atoms with Crippen LogP contribution in [0, 0.1) is 6.92 Å². The normalized spacial score (nSPS) is 10.3. The topological polar surface area (TPSA) is 21.3 Å². The smallest absolute Gasteiger partial charge is 0.173 e. The molecule has 2 nitrogen and oxygen atoms in total. The highest BCUT2D eigenvalue weighted by Crippen LogP contribution is 2.26. The van der Waals surface area contributed by atoms with Gasteiger partial charge in [-0.2, -0.15) is 0 Å². The molecular formula is C11H13NOS2. The minimum Gasteiger partial charge on any atom is -0.487 e. The van der Waals surface area contributed by atoms with E-state index in [0.717, 1.165) is 11.6 Å². The number of hydrogen-bond donors (Lipinski definition) is 1. The Kier molecular flexibility index (Phi) is 3.28. The number of hydrogen-bond acceptors (Lipinski definition) is 4. The number of ether oxygens (including phenoxy) is 1. The van der Waals surface area contributed by atoms with Crippen molar-refractivity contribution >= 4 is 28.4 Å². The molecule has 2 heterocycles. The molecule has 15 heavy (non-hydrogen) atoms. The quantitative estimate of drug-likeness (QED) is 0.877. The Morgan fingerprint density at radius 1 is 1.33 bits per heavy atom. The minimum absolute atomic E-state index is 0.867. The van der Waals surface area contributed by atoms with Gasteiger partial charge in [0.2, 0.25) is 0 Å². The van der Waals surface area contributed by atoms with Gasteiger partial charge in [-0.05, 0) is 30.0 Å². The highest BCUT2D eigenvalue weighted by molar-refractivity contribution is 7.13. The summed E-state index contributed by atoms with van der Waals surface area (Å²) in [7, 11) is 1.70. The Morgan fingerprint density at radius 3 is 2.80 bits per heavy atom. The molecule has 2 aromatic heterocycles. The van der Waals surface area contributed by atoms with Crippen LogP contribution < -0.4 is 10.1 Å². The van der Waals surface area contributed by atoms with Crippen molar-refractivity contribution in [2.75, 3.05) is 12.4 Å². The molecule has 4 heteroatoms. The van der Waals surface area contributed by atoms with E-state index in [1.165, 1.54) is 16.1 Å². The van der Waals surface area contributed by atoms with E-state index in [0.29, 0.717) is 0 Å². The zero-order valence-corrected chi connectivity index (χ0v) is 10.4. The Bertz CT molecular complexity index is 433. The van der Waals surface area contributed by atoms with Crippen molar-refractivity contribution in [3.8, 4) is 5.06 Å². The number of methoxy groups -OCH3 is 1. The Hall–Kier alpha value is -1.00. The highest BCUT2D eigenvalue weighted by Gasteiger charge is 2.01. The first-order valence-electron chi connectivity index (χ1n) is 4.69. The van der Waals surface area contributed by atoms with Crippen LogP contribution in [0.3, 0.4) is 0 Å². The van der Waals surface area contributed by atoms with Gasteiger partial charge in [0.1, 0.15) is 0 Å². The van der Waals surface area contributed by atoms with Crippen molar-refractivity contribution in [3.63, 3.8) is 0 Å². The lowest BCUT2D eigenvalue weighted by atomic mass is 10.3. The molecule has 2 aromatic rings. The van der Waals surface area contributed by atoms with Crippen molar-refractivity contribution in [2.24, 2.45) is 0 Å². The first-order chi connectivity index (χ1) is 7.29. The molecular weight excluding hydrogens is 226 g/mol. The SMILES string of the molecule is COc1ccc(CNc2cscc2C)s1. The summed E-state index contributed by atoms with van der Waals surface area (Å²) in [6.45, 7) is 2.99. The van der Waals surface area contributed by atoms with Gasteiger partial charge in [0.15, 0.2) is 5.06 Å². The molecule has 0 aliphatic rings. The minimum atomic E-state index is 0.867. The third-order valence-electron chi connectivity index (χ3n) is 2.15. The van der Waals surface area contributed by atoms with Crippen molar-refractivity contribution in [1.82, 2.24) is 0 Å². The molecule has 1 N–H and O–H groups in total. The van der Waals surface area contributed by atoms with E-state index in [4.69, 9.17) is 4.74 Å².